The molecular weight excluding hydrogens is 362 g/mol. The molecular formula is C29H29N. The van der Waals surface area contributed by atoms with Crippen molar-refractivity contribution in [2.45, 2.75) is 33.1 Å². The zero-order chi connectivity index (χ0) is 20.9. The molecule has 0 heterocycles. The summed E-state index contributed by atoms with van der Waals surface area (Å²) in [4.78, 5) is 0. The minimum absolute atomic E-state index is 1.01. The third-order valence-electron chi connectivity index (χ3n) is 5.90. The van der Waals surface area contributed by atoms with Crippen LogP contribution in [0, 0.1) is 0 Å². The zero-order valence-corrected chi connectivity index (χ0v) is 17.9. The van der Waals surface area contributed by atoms with Crippen LogP contribution < -0.4 is 15.8 Å². The molecule has 0 unspecified atom stereocenters. The Morgan fingerprint density at radius 2 is 1.77 bits per heavy atom. The van der Waals surface area contributed by atoms with Gasteiger partial charge in [0.1, 0.15) is 0 Å². The van der Waals surface area contributed by atoms with Crippen molar-refractivity contribution in [3.05, 3.63) is 118 Å². The van der Waals surface area contributed by atoms with Gasteiger partial charge in [0.05, 0.1) is 0 Å². The Morgan fingerprint density at radius 1 is 0.967 bits per heavy atom. The molecule has 1 aliphatic rings. The van der Waals surface area contributed by atoms with Gasteiger partial charge in [0.15, 0.2) is 0 Å². The topological polar surface area (TPSA) is 12.0 Å². The van der Waals surface area contributed by atoms with Crippen LogP contribution in [0.25, 0.3) is 17.2 Å². The first kappa shape index (κ1) is 20.0. The van der Waals surface area contributed by atoms with E-state index in [4.69, 9.17) is 0 Å². The van der Waals surface area contributed by atoms with E-state index in [0.717, 1.165) is 19.3 Å². The third-order valence-corrected chi connectivity index (χ3v) is 5.90. The standard InChI is InChI=1S/C29H29N/c1-4-11-23-13-6-8-16-26(23)21(3)29-27-17-9-7-14-24(27)18-19-28(29)30-25-15-10-12-22(5-2)20-25/h4,6-17,20,30H,1,5,18-19H2,2-3H3/b23-11-,26-21+. The van der Waals surface area contributed by atoms with Crippen LogP contribution in [0.15, 0.2) is 91.1 Å². The highest BCUT2D eigenvalue weighted by molar-refractivity contribution is 6.00. The predicted octanol–water partition coefficient (Wildman–Crippen LogP) is 5.86. The summed E-state index contributed by atoms with van der Waals surface area (Å²) in [6, 6.07) is 26.2. The molecule has 0 spiro atoms. The van der Waals surface area contributed by atoms with Crippen molar-refractivity contribution in [3.63, 3.8) is 0 Å². The smallest absolute Gasteiger partial charge is 0.0384 e. The fourth-order valence-electron chi connectivity index (χ4n) is 4.37. The lowest BCUT2D eigenvalue weighted by molar-refractivity contribution is 0.924. The molecule has 0 saturated carbocycles. The number of anilines is 1. The second-order valence-electron chi connectivity index (χ2n) is 7.80. The van der Waals surface area contributed by atoms with E-state index in [1.807, 2.05) is 6.08 Å². The van der Waals surface area contributed by atoms with Crippen molar-refractivity contribution in [3.8, 4) is 0 Å². The third kappa shape index (κ3) is 4.02. The number of nitrogens with one attached hydrogen (secondary N) is 1. The highest BCUT2D eigenvalue weighted by Gasteiger charge is 2.20. The quantitative estimate of drug-likeness (QED) is 0.575. The van der Waals surface area contributed by atoms with Gasteiger partial charge in [-0.15, -0.1) is 0 Å². The average Bonchev–Trinajstić information content (AvgIpc) is 2.79. The first-order valence-corrected chi connectivity index (χ1v) is 10.8. The number of allylic oxidation sites excluding steroid dienone is 3. The lowest BCUT2D eigenvalue weighted by Crippen LogP contribution is -2.27. The molecule has 0 radical (unpaired) electrons. The van der Waals surface area contributed by atoms with Crippen molar-refractivity contribution in [1.29, 1.82) is 0 Å². The van der Waals surface area contributed by atoms with Gasteiger partial charge in [-0.3, -0.25) is 0 Å². The van der Waals surface area contributed by atoms with E-state index >= 15 is 0 Å². The minimum atomic E-state index is 1.01. The summed E-state index contributed by atoms with van der Waals surface area (Å²) in [5.74, 6) is 0. The van der Waals surface area contributed by atoms with Gasteiger partial charge in [-0.1, -0.05) is 86.3 Å². The van der Waals surface area contributed by atoms with Crippen molar-refractivity contribution < 1.29 is 0 Å². The summed E-state index contributed by atoms with van der Waals surface area (Å²) in [5, 5.41) is 6.23. The van der Waals surface area contributed by atoms with E-state index in [2.05, 4.69) is 105 Å². The molecule has 0 amide bonds. The van der Waals surface area contributed by atoms with E-state index in [1.165, 1.54) is 49.7 Å². The molecule has 3 aromatic carbocycles. The van der Waals surface area contributed by atoms with Gasteiger partial charge in [-0.25, -0.2) is 0 Å². The Morgan fingerprint density at radius 3 is 2.60 bits per heavy atom. The van der Waals surface area contributed by atoms with Crippen molar-refractivity contribution in [2.75, 3.05) is 5.32 Å². The SMILES string of the molecule is C=C/C=c1/cccc/c1=C(/C)C1=C(Nc2cccc(CC)c2)CCc2ccccc21. The van der Waals surface area contributed by atoms with Crippen LogP contribution in [0.3, 0.4) is 0 Å². The van der Waals surface area contributed by atoms with Gasteiger partial charge in [-0.2, -0.15) is 0 Å². The van der Waals surface area contributed by atoms with Crippen LogP contribution in [-0.2, 0) is 12.8 Å². The second kappa shape index (κ2) is 9.00. The molecule has 0 aromatic heterocycles. The van der Waals surface area contributed by atoms with Crippen molar-refractivity contribution in [2.24, 2.45) is 0 Å². The molecule has 0 aliphatic heterocycles. The monoisotopic (exact) mass is 391 g/mol. The normalized spacial score (nSPS) is 14.9. The maximum Gasteiger partial charge on any atom is 0.0384 e. The minimum Gasteiger partial charge on any atom is -0.358 e. The molecule has 0 bridgehead atoms. The van der Waals surface area contributed by atoms with Crippen LogP contribution in [0.5, 0.6) is 0 Å². The number of fused-ring (bicyclic) bond motifs is 1. The molecule has 0 saturated heterocycles. The van der Waals surface area contributed by atoms with Gasteiger partial charge in [-0.05, 0) is 71.0 Å². The number of hydrogen-bond donors (Lipinski definition) is 1. The van der Waals surface area contributed by atoms with Crippen LogP contribution in [0.2, 0.25) is 0 Å². The maximum atomic E-state index is 3.90. The molecule has 1 N–H and O–H groups in total. The average molecular weight is 392 g/mol. The van der Waals surface area contributed by atoms with Crippen LogP contribution >= 0.6 is 0 Å². The van der Waals surface area contributed by atoms with Gasteiger partial charge in [0, 0.05) is 17.0 Å². The van der Waals surface area contributed by atoms with Crippen LogP contribution in [-0.4, -0.2) is 0 Å². The molecule has 1 aliphatic carbocycles. The van der Waals surface area contributed by atoms with Crippen LogP contribution in [0.1, 0.15) is 37.0 Å². The van der Waals surface area contributed by atoms with Gasteiger partial charge >= 0.3 is 0 Å². The lowest BCUT2D eigenvalue weighted by Gasteiger charge is -2.26. The molecule has 0 atom stereocenters. The van der Waals surface area contributed by atoms with Crippen molar-refractivity contribution in [1.82, 2.24) is 0 Å². The number of rotatable bonds is 5. The fraction of sp³-hybridized carbons (Fsp3) is 0.172. The fourth-order valence-corrected chi connectivity index (χ4v) is 4.37. The van der Waals surface area contributed by atoms with Gasteiger partial charge < -0.3 is 5.32 Å². The highest BCUT2D eigenvalue weighted by atomic mass is 14.9. The lowest BCUT2D eigenvalue weighted by atomic mass is 9.84. The summed E-state index contributed by atoms with van der Waals surface area (Å²) in [7, 11) is 0. The summed E-state index contributed by atoms with van der Waals surface area (Å²) < 4.78 is 0. The molecule has 1 nitrogen and oxygen atoms in total. The largest absolute Gasteiger partial charge is 0.358 e. The highest BCUT2D eigenvalue weighted by Crippen LogP contribution is 2.36. The zero-order valence-electron chi connectivity index (χ0n) is 17.9. The maximum absolute atomic E-state index is 3.90. The number of aryl methyl sites for hydroxylation is 2. The first-order valence-electron chi connectivity index (χ1n) is 10.8. The van der Waals surface area contributed by atoms with Gasteiger partial charge in [0.25, 0.3) is 0 Å². The van der Waals surface area contributed by atoms with Crippen molar-refractivity contribution >= 4 is 22.9 Å². The molecule has 150 valence electrons. The molecule has 1 heteroatoms. The van der Waals surface area contributed by atoms with E-state index in [1.54, 1.807) is 0 Å². The summed E-state index contributed by atoms with van der Waals surface area (Å²) in [5.41, 5.74) is 9.19. The number of hydrogen-bond acceptors (Lipinski definition) is 1. The Labute approximate surface area is 179 Å². The molecule has 3 aromatic rings. The molecule has 4 rings (SSSR count). The summed E-state index contributed by atoms with van der Waals surface area (Å²) in [6.45, 7) is 8.35. The van der Waals surface area contributed by atoms with E-state index in [-0.39, 0.29) is 0 Å². The first-order chi connectivity index (χ1) is 14.7. The Hall–Kier alpha value is -3.32. The summed E-state index contributed by atoms with van der Waals surface area (Å²) in [6.07, 6.45) is 7.06. The van der Waals surface area contributed by atoms with Crippen LogP contribution in [0.4, 0.5) is 5.69 Å². The Bertz CT molecular complexity index is 1230. The van der Waals surface area contributed by atoms with Gasteiger partial charge in [0.2, 0.25) is 0 Å². The van der Waals surface area contributed by atoms with E-state index < -0.39 is 0 Å². The Kier molecular flexibility index (Phi) is 5.99. The Balaban J connectivity index is 1.96. The van der Waals surface area contributed by atoms with E-state index in [9.17, 15) is 0 Å². The van der Waals surface area contributed by atoms with E-state index in [0.29, 0.717) is 0 Å². The summed E-state index contributed by atoms with van der Waals surface area (Å²) >= 11 is 0. The molecule has 0 fully saturated rings. The molecule has 30 heavy (non-hydrogen) atoms. The second-order valence-corrected chi connectivity index (χ2v) is 7.80. The number of benzene rings is 3. The predicted molar refractivity (Wildman–Crippen MR) is 131 cm³/mol.